The number of hydrogen-bond acceptors (Lipinski definition) is 5. The molecule has 1 N–H and O–H groups in total. The largest absolute Gasteiger partial charge is 0.495 e. The first-order valence-electron chi connectivity index (χ1n) is 9.68. The number of piperazine rings is 1. The van der Waals surface area contributed by atoms with Crippen molar-refractivity contribution < 1.29 is 17.9 Å². The molecule has 1 aliphatic rings. The number of hydrogen-bond donors (Lipinski definition) is 1. The predicted molar refractivity (Wildman–Crippen MR) is 118 cm³/mol. The molecule has 1 aliphatic heterocycles. The summed E-state index contributed by atoms with van der Waals surface area (Å²) in [5, 5.41) is 3.13. The lowest BCUT2D eigenvalue weighted by atomic mass is 10.2. The average Bonchev–Trinajstić information content (AvgIpc) is 2.73. The van der Waals surface area contributed by atoms with Gasteiger partial charge in [0.05, 0.1) is 23.9 Å². The van der Waals surface area contributed by atoms with Gasteiger partial charge in [0.15, 0.2) is 0 Å². The van der Waals surface area contributed by atoms with E-state index in [4.69, 9.17) is 16.3 Å². The molecule has 3 rings (SSSR count). The maximum absolute atomic E-state index is 12.9. The van der Waals surface area contributed by atoms with Crippen molar-refractivity contribution in [2.24, 2.45) is 0 Å². The van der Waals surface area contributed by atoms with E-state index >= 15 is 0 Å². The quantitative estimate of drug-likeness (QED) is 0.730. The lowest BCUT2D eigenvalue weighted by Gasteiger charge is -2.36. The minimum atomic E-state index is -3.67. The van der Waals surface area contributed by atoms with Crippen LogP contribution in [0.4, 0.5) is 5.69 Å². The number of amides is 1. The normalized spacial score (nSPS) is 16.8. The standard InChI is InChI=1S/C21H26ClN3O4S/c1-15-8-9-19(29-3)18(14-15)23-21(26)16(2)24-10-12-25(13-11-24)30(27,28)20-7-5-4-6-17(20)22/h4-9,14,16H,10-13H2,1-3H3,(H,23,26). The Bertz CT molecular complexity index is 1020. The van der Waals surface area contributed by atoms with Crippen molar-refractivity contribution in [2.75, 3.05) is 38.6 Å². The highest BCUT2D eigenvalue weighted by Gasteiger charge is 2.32. The first kappa shape index (κ1) is 22.6. The van der Waals surface area contributed by atoms with Gasteiger partial charge in [-0.05, 0) is 43.7 Å². The molecule has 2 aromatic carbocycles. The molecule has 0 saturated carbocycles. The second-order valence-corrected chi connectivity index (χ2v) is 9.55. The van der Waals surface area contributed by atoms with Gasteiger partial charge in [0, 0.05) is 26.2 Å². The Labute approximate surface area is 182 Å². The monoisotopic (exact) mass is 451 g/mol. The second kappa shape index (κ2) is 9.34. The van der Waals surface area contributed by atoms with E-state index in [0.29, 0.717) is 37.6 Å². The molecule has 1 atom stereocenters. The van der Waals surface area contributed by atoms with Gasteiger partial charge in [0.25, 0.3) is 0 Å². The van der Waals surface area contributed by atoms with Crippen molar-refractivity contribution in [3.05, 3.63) is 53.1 Å². The summed E-state index contributed by atoms with van der Waals surface area (Å²) in [6.07, 6.45) is 0. The van der Waals surface area contributed by atoms with Gasteiger partial charge in [-0.1, -0.05) is 29.8 Å². The Morgan fingerprint density at radius 3 is 2.43 bits per heavy atom. The number of halogens is 1. The molecule has 1 heterocycles. The number of rotatable bonds is 6. The SMILES string of the molecule is COc1ccc(C)cc1NC(=O)C(C)N1CCN(S(=O)(=O)c2ccccc2Cl)CC1. The number of nitrogens with one attached hydrogen (secondary N) is 1. The summed E-state index contributed by atoms with van der Waals surface area (Å²) in [6, 6.07) is 11.6. The zero-order valence-electron chi connectivity index (χ0n) is 17.3. The highest BCUT2D eigenvalue weighted by Crippen LogP contribution is 2.27. The van der Waals surface area contributed by atoms with E-state index < -0.39 is 16.1 Å². The van der Waals surface area contributed by atoms with Crippen LogP contribution >= 0.6 is 11.6 Å². The number of nitrogens with zero attached hydrogens (tertiary/aromatic N) is 2. The molecule has 30 heavy (non-hydrogen) atoms. The van der Waals surface area contributed by atoms with E-state index in [1.807, 2.05) is 36.9 Å². The van der Waals surface area contributed by atoms with Crippen LogP contribution in [-0.4, -0.2) is 62.9 Å². The fourth-order valence-corrected chi connectivity index (χ4v) is 5.36. The number of benzene rings is 2. The number of methoxy groups -OCH3 is 1. The topological polar surface area (TPSA) is 79.0 Å². The van der Waals surface area contributed by atoms with E-state index in [2.05, 4.69) is 5.32 Å². The van der Waals surface area contributed by atoms with Gasteiger partial charge in [-0.2, -0.15) is 4.31 Å². The Kier molecular flexibility index (Phi) is 7.02. The molecule has 9 heteroatoms. The zero-order chi connectivity index (χ0) is 21.9. The van der Waals surface area contributed by atoms with Gasteiger partial charge in [-0.15, -0.1) is 0 Å². The Hall–Kier alpha value is -2.13. The number of ether oxygens (including phenoxy) is 1. The van der Waals surface area contributed by atoms with Crippen molar-refractivity contribution in [3.63, 3.8) is 0 Å². The van der Waals surface area contributed by atoms with Crippen LogP contribution in [0.2, 0.25) is 5.02 Å². The first-order valence-corrected chi connectivity index (χ1v) is 11.5. The fourth-order valence-electron chi connectivity index (χ4n) is 3.45. The molecule has 0 radical (unpaired) electrons. The number of carbonyl (C=O) groups excluding carboxylic acids is 1. The fraction of sp³-hybridized carbons (Fsp3) is 0.381. The smallest absolute Gasteiger partial charge is 0.244 e. The summed E-state index contributed by atoms with van der Waals surface area (Å²) in [6.45, 7) is 5.23. The lowest BCUT2D eigenvalue weighted by Crippen LogP contribution is -2.53. The average molecular weight is 452 g/mol. The van der Waals surface area contributed by atoms with Crippen molar-refractivity contribution in [3.8, 4) is 5.75 Å². The molecule has 2 aromatic rings. The van der Waals surface area contributed by atoms with Crippen molar-refractivity contribution >= 4 is 33.2 Å². The van der Waals surface area contributed by atoms with Crippen LogP contribution in [-0.2, 0) is 14.8 Å². The molecule has 162 valence electrons. The summed E-state index contributed by atoms with van der Waals surface area (Å²) in [5.74, 6) is 0.429. The first-order chi connectivity index (χ1) is 14.2. The van der Waals surface area contributed by atoms with Gasteiger partial charge in [0.1, 0.15) is 10.6 Å². The van der Waals surface area contributed by atoms with Crippen LogP contribution in [0.25, 0.3) is 0 Å². The molecule has 0 aliphatic carbocycles. The van der Waals surface area contributed by atoms with E-state index in [1.165, 1.54) is 10.4 Å². The van der Waals surface area contributed by atoms with Crippen LogP contribution in [0.1, 0.15) is 12.5 Å². The summed E-state index contributed by atoms with van der Waals surface area (Å²) < 4.78 is 32.5. The third-order valence-corrected chi connectivity index (χ3v) is 7.67. The van der Waals surface area contributed by atoms with Gasteiger partial charge < -0.3 is 10.1 Å². The van der Waals surface area contributed by atoms with Gasteiger partial charge in [0.2, 0.25) is 15.9 Å². The molecule has 1 saturated heterocycles. The Balaban J connectivity index is 1.64. The molecule has 0 spiro atoms. The molecule has 7 nitrogen and oxygen atoms in total. The van der Waals surface area contributed by atoms with Crippen LogP contribution in [0.5, 0.6) is 5.75 Å². The zero-order valence-corrected chi connectivity index (χ0v) is 18.8. The van der Waals surface area contributed by atoms with E-state index in [1.54, 1.807) is 25.3 Å². The molecular formula is C21H26ClN3O4S. The van der Waals surface area contributed by atoms with Crippen molar-refractivity contribution in [1.29, 1.82) is 0 Å². The molecule has 0 bridgehead atoms. The molecular weight excluding hydrogens is 426 g/mol. The molecule has 0 aromatic heterocycles. The van der Waals surface area contributed by atoms with Crippen LogP contribution in [0, 0.1) is 6.92 Å². The summed E-state index contributed by atoms with van der Waals surface area (Å²) >= 11 is 6.08. The number of anilines is 1. The number of sulfonamides is 1. The van der Waals surface area contributed by atoms with Gasteiger partial charge >= 0.3 is 0 Å². The van der Waals surface area contributed by atoms with E-state index in [9.17, 15) is 13.2 Å². The Morgan fingerprint density at radius 2 is 1.80 bits per heavy atom. The van der Waals surface area contributed by atoms with Crippen LogP contribution in [0.3, 0.4) is 0 Å². The molecule has 1 amide bonds. The lowest BCUT2D eigenvalue weighted by molar-refractivity contribution is -0.121. The number of aryl methyl sites for hydroxylation is 1. The third kappa shape index (κ3) is 4.78. The molecule has 1 unspecified atom stereocenters. The summed E-state index contributed by atoms with van der Waals surface area (Å²) in [5.41, 5.74) is 1.63. The summed E-state index contributed by atoms with van der Waals surface area (Å²) in [7, 11) is -2.11. The minimum Gasteiger partial charge on any atom is -0.495 e. The third-order valence-electron chi connectivity index (χ3n) is 5.27. The minimum absolute atomic E-state index is 0.109. The van der Waals surface area contributed by atoms with E-state index in [-0.39, 0.29) is 15.8 Å². The highest BCUT2D eigenvalue weighted by atomic mass is 35.5. The van der Waals surface area contributed by atoms with Crippen molar-refractivity contribution in [1.82, 2.24) is 9.21 Å². The summed E-state index contributed by atoms with van der Waals surface area (Å²) in [4.78, 5) is 14.9. The number of carbonyl (C=O) groups is 1. The van der Waals surface area contributed by atoms with Gasteiger partial charge in [-0.25, -0.2) is 8.42 Å². The van der Waals surface area contributed by atoms with Crippen molar-refractivity contribution in [2.45, 2.75) is 24.8 Å². The molecule has 1 fully saturated rings. The van der Waals surface area contributed by atoms with Gasteiger partial charge in [-0.3, -0.25) is 9.69 Å². The maximum Gasteiger partial charge on any atom is 0.244 e. The second-order valence-electron chi connectivity index (χ2n) is 7.24. The predicted octanol–water partition coefficient (Wildman–Crippen LogP) is 2.99. The Morgan fingerprint density at radius 1 is 1.13 bits per heavy atom. The van der Waals surface area contributed by atoms with Crippen LogP contribution < -0.4 is 10.1 Å². The van der Waals surface area contributed by atoms with Crippen LogP contribution in [0.15, 0.2) is 47.4 Å². The highest BCUT2D eigenvalue weighted by molar-refractivity contribution is 7.89. The maximum atomic E-state index is 12.9. The van der Waals surface area contributed by atoms with E-state index in [0.717, 1.165) is 5.56 Å².